The molecule has 0 unspecified atom stereocenters. The number of oxazole rings is 1. The second kappa shape index (κ2) is 9.97. The molecule has 0 fully saturated rings. The standard InChI is InChI=1S/C29H22N2O4/c1-33-22-13-9-10-20(18-22)27-19-30-29(35-27)24-15-6-5-14-23(24)28(32)31-25-16-7-8-17-26(25)34-21-11-3-2-4-12-21/h2-19H,1H3,(H,31,32). The molecule has 5 rings (SSSR count). The zero-order valence-electron chi connectivity index (χ0n) is 19.0. The van der Waals surface area contributed by atoms with Gasteiger partial charge in [-0.25, -0.2) is 4.98 Å². The lowest BCUT2D eigenvalue weighted by Crippen LogP contribution is -2.13. The summed E-state index contributed by atoms with van der Waals surface area (Å²) in [6.07, 6.45) is 1.64. The average Bonchev–Trinajstić information content (AvgIpc) is 3.41. The van der Waals surface area contributed by atoms with Crippen LogP contribution in [0.1, 0.15) is 10.4 Å². The average molecular weight is 463 g/mol. The Bertz CT molecular complexity index is 1460. The van der Waals surface area contributed by atoms with Gasteiger partial charge in [0.25, 0.3) is 5.91 Å². The highest BCUT2D eigenvalue weighted by molar-refractivity contribution is 6.08. The second-order valence-electron chi connectivity index (χ2n) is 7.67. The van der Waals surface area contributed by atoms with Gasteiger partial charge in [-0.1, -0.05) is 54.6 Å². The first-order valence-electron chi connectivity index (χ1n) is 11.0. The summed E-state index contributed by atoms with van der Waals surface area (Å²) < 4.78 is 17.3. The Balaban J connectivity index is 1.42. The van der Waals surface area contributed by atoms with Crippen molar-refractivity contribution in [1.82, 2.24) is 4.98 Å². The van der Waals surface area contributed by atoms with Crippen LogP contribution in [0, 0.1) is 0 Å². The number of amides is 1. The third kappa shape index (κ3) is 4.91. The van der Waals surface area contributed by atoms with Crippen LogP contribution >= 0.6 is 0 Å². The number of nitrogens with one attached hydrogen (secondary N) is 1. The van der Waals surface area contributed by atoms with E-state index in [1.54, 1.807) is 31.5 Å². The summed E-state index contributed by atoms with van der Waals surface area (Å²) in [4.78, 5) is 17.8. The van der Waals surface area contributed by atoms with E-state index in [4.69, 9.17) is 13.9 Å². The van der Waals surface area contributed by atoms with Gasteiger partial charge < -0.3 is 19.2 Å². The van der Waals surface area contributed by atoms with Crippen molar-refractivity contribution < 1.29 is 18.7 Å². The molecule has 0 spiro atoms. The molecular weight excluding hydrogens is 440 g/mol. The minimum absolute atomic E-state index is 0.300. The van der Waals surface area contributed by atoms with E-state index in [0.29, 0.717) is 40.0 Å². The monoisotopic (exact) mass is 462 g/mol. The lowest BCUT2D eigenvalue weighted by molar-refractivity contribution is 0.102. The lowest BCUT2D eigenvalue weighted by Gasteiger charge is -2.13. The number of anilines is 1. The van der Waals surface area contributed by atoms with Gasteiger partial charge in [-0.15, -0.1) is 0 Å². The van der Waals surface area contributed by atoms with E-state index in [2.05, 4.69) is 10.3 Å². The number of para-hydroxylation sites is 3. The van der Waals surface area contributed by atoms with E-state index in [0.717, 1.165) is 11.3 Å². The maximum absolute atomic E-state index is 13.3. The van der Waals surface area contributed by atoms with Crippen molar-refractivity contribution in [2.75, 3.05) is 12.4 Å². The SMILES string of the molecule is COc1cccc(-c2cnc(-c3ccccc3C(=O)Nc3ccccc3Oc3ccccc3)o2)c1. The summed E-state index contributed by atoms with van der Waals surface area (Å²) >= 11 is 0. The molecule has 0 bridgehead atoms. The second-order valence-corrected chi connectivity index (χ2v) is 7.67. The Hall–Kier alpha value is -4.84. The molecule has 5 aromatic rings. The van der Waals surface area contributed by atoms with Crippen LogP contribution in [0.3, 0.4) is 0 Å². The van der Waals surface area contributed by atoms with Crippen LogP contribution in [0.2, 0.25) is 0 Å². The fraction of sp³-hybridized carbons (Fsp3) is 0.0345. The van der Waals surface area contributed by atoms with Crippen molar-refractivity contribution in [3.63, 3.8) is 0 Å². The van der Waals surface area contributed by atoms with Gasteiger partial charge >= 0.3 is 0 Å². The number of rotatable bonds is 7. The van der Waals surface area contributed by atoms with E-state index in [1.807, 2.05) is 84.9 Å². The van der Waals surface area contributed by atoms with Crippen LogP contribution in [0.15, 0.2) is 114 Å². The summed E-state index contributed by atoms with van der Waals surface area (Å²) in [6, 6.07) is 31.4. The first-order valence-corrected chi connectivity index (χ1v) is 11.0. The largest absolute Gasteiger partial charge is 0.497 e. The number of carbonyl (C=O) groups is 1. The van der Waals surface area contributed by atoms with Crippen LogP contribution < -0.4 is 14.8 Å². The van der Waals surface area contributed by atoms with E-state index < -0.39 is 0 Å². The molecule has 1 heterocycles. The van der Waals surface area contributed by atoms with Gasteiger partial charge in [0.2, 0.25) is 5.89 Å². The summed E-state index contributed by atoms with van der Waals surface area (Å²) in [5.41, 5.74) is 2.40. The Morgan fingerprint density at radius 2 is 1.57 bits per heavy atom. The van der Waals surface area contributed by atoms with Gasteiger partial charge in [0, 0.05) is 11.1 Å². The van der Waals surface area contributed by atoms with Crippen molar-refractivity contribution in [1.29, 1.82) is 0 Å². The molecule has 0 saturated carbocycles. The number of methoxy groups -OCH3 is 1. The molecule has 0 saturated heterocycles. The van der Waals surface area contributed by atoms with Crippen LogP contribution in [-0.4, -0.2) is 18.0 Å². The Morgan fingerprint density at radius 1 is 0.829 bits per heavy atom. The van der Waals surface area contributed by atoms with Gasteiger partial charge in [-0.2, -0.15) is 0 Å². The zero-order valence-corrected chi connectivity index (χ0v) is 19.0. The van der Waals surface area contributed by atoms with Crippen molar-refractivity contribution in [3.05, 3.63) is 115 Å². The predicted molar refractivity (Wildman–Crippen MR) is 135 cm³/mol. The van der Waals surface area contributed by atoms with Gasteiger partial charge in [0.1, 0.15) is 11.5 Å². The summed E-state index contributed by atoms with van der Waals surface area (Å²) in [5.74, 6) is 2.57. The van der Waals surface area contributed by atoms with Crippen LogP contribution in [0.25, 0.3) is 22.8 Å². The zero-order chi connectivity index (χ0) is 24.0. The quantitative estimate of drug-likeness (QED) is 0.280. The smallest absolute Gasteiger partial charge is 0.256 e. The maximum atomic E-state index is 13.3. The molecule has 0 aliphatic rings. The number of ether oxygens (including phenoxy) is 2. The van der Waals surface area contributed by atoms with Crippen LogP contribution in [0.5, 0.6) is 17.2 Å². The highest BCUT2D eigenvalue weighted by Gasteiger charge is 2.18. The molecule has 0 aliphatic heterocycles. The fourth-order valence-electron chi connectivity index (χ4n) is 3.64. The molecule has 0 atom stereocenters. The molecule has 0 radical (unpaired) electrons. The van der Waals surface area contributed by atoms with Gasteiger partial charge in [0.05, 0.1) is 24.6 Å². The van der Waals surface area contributed by atoms with Gasteiger partial charge in [0.15, 0.2) is 11.5 Å². The highest BCUT2D eigenvalue weighted by atomic mass is 16.5. The molecule has 172 valence electrons. The number of hydrogen-bond donors (Lipinski definition) is 1. The predicted octanol–water partition coefficient (Wildman–Crippen LogP) is 7.06. The van der Waals surface area contributed by atoms with Gasteiger partial charge in [-0.3, -0.25) is 4.79 Å². The first-order chi connectivity index (χ1) is 17.2. The van der Waals surface area contributed by atoms with Crippen LogP contribution in [0.4, 0.5) is 5.69 Å². The first kappa shape index (κ1) is 22.0. The van der Waals surface area contributed by atoms with E-state index >= 15 is 0 Å². The van der Waals surface area contributed by atoms with Crippen molar-refractivity contribution in [2.24, 2.45) is 0 Å². The Labute approximate surface area is 202 Å². The maximum Gasteiger partial charge on any atom is 0.256 e. The fourth-order valence-corrected chi connectivity index (χ4v) is 3.64. The molecule has 0 aliphatic carbocycles. The summed E-state index contributed by atoms with van der Waals surface area (Å²) in [6.45, 7) is 0. The minimum atomic E-state index is -0.300. The third-order valence-electron chi connectivity index (χ3n) is 5.37. The molecule has 1 amide bonds. The highest BCUT2D eigenvalue weighted by Crippen LogP contribution is 2.32. The van der Waals surface area contributed by atoms with Crippen molar-refractivity contribution in [3.8, 4) is 40.0 Å². The Kier molecular flexibility index (Phi) is 6.26. The molecule has 6 heteroatoms. The van der Waals surface area contributed by atoms with E-state index in [9.17, 15) is 4.79 Å². The molecule has 1 aromatic heterocycles. The minimum Gasteiger partial charge on any atom is -0.497 e. The lowest BCUT2D eigenvalue weighted by atomic mass is 10.1. The summed E-state index contributed by atoms with van der Waals surface area (Å²) in [7, 11) is 1.61. The van der Waals surface area contributed by atoms with Crippen LogP contribution in [-0.2, 0) is 0 Å². The molecule has 35 heavy (non-hydrogen) atoms. The topological polar surface area (TPSA) is 73.6 Å². The number of carbonyl (C=O) groups excluding carboxylic acids is 1. The van der Waals surface area contributed by atoms with E-state index in [-0.39, 0.29) is 5.91 Å². The Morgan fingerprint density at radius 3 is 2.43 bits per heavy atom. The summed E-state index contributed by atoms with van der Waals surface area (Å²) in [5, 5.41) is 2.96. The normalized spacial score (nSPS) is 10.5. The van der Waals surface area contributed by atoms with Gasteiger partial charge in [-0.05, 0) is 48.5 Å². The number of aromatic nitrogens is 1. The number of nitrogens with zero attached hydrogens (tertiary/aromatic N) is 1. The van der Waals surface area contributed by atoms with Crippen molar-refractivity contribution in [2.45, 2.75) is 0 Å². The molecule has 4 aromatic carbocycles. The number of hydrogen-bond acceptors (Lipinski definition) is 5. The molecular formula is C29H22N2O4. The van der Waals surface area contributed by atoms with Crippen molar-refractivity contribution >= 4 is 11.6 Å². The molecule has 1 N–H and O–H groups in total. The van der Waals surface area contributed by atoms with E-state index in [1.165, 1.54) is 0 Å². The number of benzene rings is 4. The third-order valence-corrected chi connectivity index (χ3v) is 5.37. The molecule has 6 nitrogen and oxygen atoms in total.